The van der Waals surface area contributed by atoms with E-state index in [9.17, 15) is 0 Å². The molecule has 1 nitrogen and oxygen atoms in total. The Kier molecular flexibility index (Phi) is 3.63. The van der Waals surface area contributed by atoms with Crippen molar-refractivity contribution in [2.75, 3.05) is 0 Å². The molecule has 0 saturated heterocycles. The third kappa shape index (κ3) is 2.43. The molecule has 1 aliphatic heterocycles. The largest absolute Gasteiger partial charge is 0.192 e. The normalized spacial score (nSPS) is 13.1. The number of aryl methyl sites for hydroxylation is 2. The van der Waals surface area contributed by atoms with E-state index in [0.29, 0.717) is 0 Å². The summed E-state index contributed by atoms with van der Waals surface area (Å²) in [5, 5.41) is 9.91. The molecule has 19 heavy (non-hydrogen) atoms. The quantitative estimate of drug-likeness (QED) is 0.708. The molecule has 0 bridgehead atoms. The van der Waals surface area contributed by atoms with Crippen molar-refractivity contribution in [1.29, 1.82) is 5.26 Å². The van der Waals surface area contributed by atoms with Crippen LogP contribution in [0.3, 0.4) is 0 Å². The van der Waals surface area contributed by atoms with Crippen molar-refractivity contribution in [3.8, 4) is 6.07 Å². The van der Waals surface area contributed by atoms with E-state index < -0.39 is 0 Å². The lowest BCUT2D eigenvalue weighted by Gasteiger charge is -2.10. The van der Waals surface area contributed by atoms with Crippen molar-refractivity contribution in [3.63, 3.8) is 0 Å². The Bertz CT molecular complexity index is 673. The number of hydrogen-bond acceptors (Lipinski definition) is 2. The zero-order valence-electron chi connectivity index (χ0n) is 10.3. The van der Waals surface area contributed by atoms with Crippen LogP contribution in [-0.4, -0.2) is 0 Å². The number of halogens is 1. The number of benzene rings is 2. The van der Waals surface area contributed by atoms with Crippen LogP contribution >= 0.6 is 27.7 Å². The predicted octanol–water partition coefficient (Wildman–Crippen LogP) is 4.70. The summed E-state index contributed by atoms with van der Waals surface area (Å²) < 4.78 is 0. The molecule has 0 unspecified atom stereocenters. The van der Waals surface area contributed by atoms with Gasteiger partial charge in [0.25, 0.3) is 0 Å². The highest BCUT2D eigenvalue weighted by molar-refractivity contribution is 9.08. The number of alkyl halides is 1. The van der Waals surface area contributed by atoms with Gasteiger partial charge in [0.15, 0.2) is 0 Å². The molecule has 0 radical (unpaired) electrons. The minimum Gasteiger partial charge on any atom is -0.192 e. The third-order valence-corrected chi connectivity index (χ3v) is 5.33. The summed E-state index contributed by atoms with van der Waals surface area (Å²) in [5.41, 5.74) is 4.83. The summed E-state index contributed by atoms with van der Waals surface area (Å²) in [5.74, 6) is 0. The van der Waals surface area contributed by atoms with Crippen molar-refractivity contribution in [2.45, 2.75) is 28.0 Å². The number of nitriles is 1. The average molecular weight is 330 g/mol. The van der Waals surface area contributed by atoms with Gasteiger partial charge in [0.2, 0.25) is 0 Å². The molecule has 0 aromatic heterocycles. The number of fused-ring (bicyclic) bond motifs is 2. The molecular formula is C16H12BrNS. The Balaban J connectivity index is 2.12. The molecule has 1 heterocycles. The van der Waals surface area contributed by atoms with Crippen LogP contribution in [0.5, 0.6) is 0 Å². The fourth-order valence-electron chi connectivity index (χ4n) is 2.38. The monoisotopic (exact) mass is 329 g/mol. The fourth-order valence-corrected chi connectivity index (χ4v) is 4.31. The molecule has 3 rings (SSSR count). The van der Waals surface area contributed by atoms with E-state index >= 15 is 0 Å². The van der Waals surface area contributed by atoms with Gasteiger partial charge in [-0.15, -0.1) is 0 Å². The van der Waals surface area contributed by atoms with Gasteiger partial charge in [-0.1, -0.05) is 52.0 Å². The zero-order chi connectivity index (χ0) is 13.2. The molecule has 2 aromatic rings. The number of hydrogen-bond donors (Lipinski definition) is 0. The second-order valence-corrected chi connectivity index (χ2v) is 6.19. The second kappa shape index (κ2) is 5.40. The van der Waals surface area contributed by atoms with Crippen LogP contribution in [0, 0.1) is 11.3 Å². The van der Waals surface area contributed by atoms with Gasteiger partial charge >= 0.3 is 0 Å². The van der Waals surface area contributed by atoms with E-state index in [1.165, 1.54) is 26.5 Å². The van der Waals surface area contributed by atoms with Gasteiger partial charge in [-0.3, -0.25) is 0 Å². The van der Waals surface area contributed by atoms with E-state index in [-0.39, 0.29) is 0 Å². The SMILES string of the molecule is N#Cc1ccc2c(c1)Sc1c(CBr)cccc1CC2. The van der Waals surface area contributed by atoms with Crippen LogP contribution in [0.15, 0.2) is 46.2 Å². The Morgan fingerprint density at radius 3 is 2.79 bits per heavy atom. The summed E-state index contributed by atoms with van der Waals surface area (Å²) in [6, 6.07) is 14.8. The molecule has 0 saturated carbocycles. The average Bonchev–Trinajstić information content (AvgIpc) is 2.65. The van der Waals surface area contributed by atoms with E-state index in [2.05, 4.69) is 46.3 Å². The summed E-state index contributed by atoms with van der Waals surface area (Å²) >= 11 is 5.37. The summed E-state index contributed by atoms with van der Waals surface area (Å²) in [7, 11) is 0. The van der Waals surface area contributed by atoms with Gasteiger partial charge in [0.1, 0.15) is 0 Å². The highest BCUT2D eigenvalue weighted by Gasteiger charge is 2.16. The Hall–Kier alpha value is -1.24. The number of nitrogens with zero attached hydrogens (tertiary/aromatic N) is 1. The highest BCUT2D eigenvalue weighted by atomic mass is 79.9. The van der Waals surface area contributed by atoms with Gasteiger partial charge in [-0.25, -0.2) is 0 Å². The van der Waals surface area contributed by atoms with Crippen molar-refractivity contribution in [1.82, 2.24) is 0 Å². The van der Waals surface area contributed by atoms with Crippen molar-refractivity contribution in [3.05, 3.63) is 58.7 Å². The molecular weight excluding hydrogens is 318 g/mol. The standard InChI is InChI=1S/C16H12BrNS/c17-9-14-3-1-2-13-7-6-12-5-4-11(10-18)8-15(12)19-16(13)14/h1-5,8H,6-7,9H2. The maximum Gasteiger partial charge on any atom is 0.0992 e. The Morgan fingerprint density at radius 1 is 1.16 bits per heavy atom. The van der Waals surface area contributed by atoms with Gasteiger partial charge in [0.05, 0.1) is 11.6 Å². The summed E-state index contributed by atoms with van der Waals surface area (Å²) in [6.07, 6.45) is 2.12. The van der Waals surface area contributed by atoms with Crippen LogP contribution < -0.4 is 0 Å². The van der Waals surface area contributed by atoms with Gasteiger partial charge < -0.3 is 0 Å². The van der Waals surface area contributed by atoms with Crippen LogP contribution in [-0.2, 0) is 18.2 Å². The van der Waals surface area contributed by atoms with E-state index in [4.69, 9.17) is 5.26 Å². The minimum atomic E-state index is 0.742. The summed E-state index contributed by atoms with van der Waals surface area (Å²) in [4.78, 5) is 2.58. The molecule has 3 heteroatoms. The van der Waals surface area contributed by atoms with E-state index in [1.807, 2.05) is 12.1 Å². The summed E-state index contributed by atoms with van der Waals surface area (Å²) in [6.45, 7) is 0. The predicted molar refractivity (Wildman–Crippen MR) is 81.8 cm³/mol. The van der Waals surface area contributed by atoms with Crippen molar-refractivity contribution >= 4 is 27.7 Å². The Morgan fingerprint density at radius 2 is 2.00 bits per heavy atom. The van der Waals surface area contributed by atoms with Gasteiger partial charge in [-0.05, 0) is 41.7 Å². The molecule has 94 valence electrons. The first-order valence-corrected chi connectivity index (χ1v) is 8.13. The maximum atomic E-state index is 9.04. The molecule has 0 amide bonds. The highest BCUT2D eigenvalue weighted by Crippen LogP contribution is 2.40. The van der Waals surface area contributed by atoms with E-state index in [1.54, 1.807) is 11.8 Å². The Labute approximate surface area is 125 Å². The lowest BCUT2D eigenvalue weighted by atomic mass is 10.0. The first-order valence-electron chi connectivity index (χ1n) is 6.19. The molecule has 0 atom stereocenters. The molecule has 0 fully saturated rings. The maximum absolute atomic E-state index is 9.04. The molecule has 0 aliphatic carbocycles. The zero-order valence-corrected chi connectivity index (χ0v) is 12.7. The van der Waals surface area contributed by atoms with Crippen molar-refractivity contribution in [2.24, 2.45) is 0 Å². The lowest BCUT2D eigenvalue weighted by Crippen LogP contribution is -1.92. The second-order valence-electron chi connectivity index (χ2n) is 4.58. The molecule has 1 aliphatic rings. The molecule has 2 aromatic carbocycles. The van der Waals surface area contributed by atoms with Crippen LogP contribution in [0.2, 0.25) is 0 Å². The smallest absolute Gasteiger partial charge is 0.0992 e. The lowest BCUT2D eigenvalue weighted by molar-refractivity contribution is 0.922. The molecule has 0 N–H and O–H groups in total. The first kappa shape index (κ1) is 12.8. The van der Waals surface area contributed by atoms with Crippen LogP contribution in [0.1, 0.15) is 22.3 Å². The van der Waals surface area contributed by atoms with Gasteiger partial charge in [-0.2, -0.15) is 5.26 Å². The first-order chi connectivity index (χ1) is 9.31. The fraction of sp³-hybridized carbons (Fsp3) is 0.188. The topological polar surface area (TPSA) is 23.8 Å². The van der Waals surface area contributed by atoms with E-state index in [0.717, 1.165) is 23.7 Å². The minimum absolute atomic E-state index is 0.742. The number of rotatable bonds is 1. The molecule has 0 spiro atoms. The van der Waals surface area contributed by atoms with Crippen molar-refractivity contribution < 1.29 is 0 Å². The van der Waals surface area contributed by atoms with Crippen LogP contribution in [0.25, 0.3) is 0 Å². The van der Waals surface area contributed by atoms with Gasteiger partial charge in [0, 0.05) is 15.1 Å². The van der Waals surface area contributed by atoms with Crippen LogP contribution in [0.4, 0.5) is 0 Å². The third-order valence-electron chi connectivity index (χ3n) is 3.39.